The maximum absolute atomic E-state index is 14.0. The van der Waals surface area contributed by atoms with Gasteiger partial charge < -0.3 is 19.7 Å². The molecule has 0 spiro atoms. The summed E-state index contributed by atoms with van der Waals surface area (Å²) in [4.78, 5) is 28.4. The Morgan fingerprint density at radius 3 is 2.05 bits per heavy atom. The van der Waals surface area contributed by atoms with Crippen LogP contribution >= 0.6 is 0 Å². The van der Waals surface area contributed by atoms with Crippen molar-refractivity contribution >= 4 is 27.5 Å². The highest BCUT2D eigenvalue weighted by Crippen LogP contribution is 2.26. The second-order valence-corrected chi connectivity index (χ2v) is 11.6. The van der Waals surface area contributed by atoms with Crippen LogP contribution in [0.1, 0.15) is 39.7 Å². The molecule has 42 heavy (non-hydrogen) atoms. The van der Waals surface area contributed by atoms with Crippen LogP contribution in [0.3, 0.4) is 0 Å². The molecule has 11 heteroatoms. The minimum absolute atomic E-state index is 0.0400. The zero-order chi connectivity index (χ0) is 30.9. The van der Waals surface area contributed by atoms with Crippen molar-refractivity contribution in [1.29, 1.82) is 0 Å². The molecule has 0 aliphatic heterocycles. The first-order valence-corrected chi connectivity index (χ1v) is 15.2. The quantitative estimate of drug-likeness (QED) is 0.287. The van der Waals surface area contributed by atoms with Gasteiger partial charge in [-0.05, 0) is 93.4 Å². The van der Waals surface area contributed by atoms with Crippen molar-refractivity contribution in [2.45, 2.75) is 57.6 Å². The van der Waals surface area contributed by atoms with Crippen molar-refractivity contribution in [3.8, 4) is 11.5 Å². The van der Waals surface area contributed by atoms with Crippen LogP contribution in [-0.2, 0) is 26.2 Å². The van der Waals surface area contributed by atoms with Crippen molar-refractivity contribution in [3.05, 3.63) is 84.2 Å². The molecule has 226 valence electrons. The van der Waals surface area contributed by atoms with Gasteiger partial charge in [0.1, 0.15) is 29.9 Å². The number of nitrogens with one attached hydrogen (secondary N) is 1. The van der Waals surface area contributed by atoms with E-state index in [1.54, 1.807) is 38.3 Å². The number of carbonyl (C=O) groups excluding carboxylic acids is 2. The molecule has 0 aromatic heterocycles. The lowest BCUT2D eigenvalue weighted by Crippen LogP contribution is -2.52. The van der Waals surface area contributed by atoms with E-state index in [1.165, 1.54) is 41.3 Å². The van der Waals surface area contributed by atoms with Gasteiger partial charge in [0.2, 0.25) is 11.8 Å². The molecule has 0 fully saturated rings. The number of benzene rings is 3. The van der Waals surface area contributed by atoms with Gasteiger partial charge in [0, 0.05) is 12.6 Å². The van der Waals surface area contributed by atoms with Gasteiger partial charge in [-0.3, -0.25) is 13.9 Å². The molecule has 0 saturated carbocycles. The molecule has 0 aliphatic rings. The molecule has 0 bridgehead atoms. The van der Waals surface area contributed by atoms with Gasteiger partial charge >= 0.3 is 0 Å². The first kappa shape index (κ1) is 32.4. The maximum Gasteiger partial charge on any atom is 0.264 e. The number of carbonyl (C=O) groups is 2. The minimum Gasteiger partial charge on any atom is -0.497 e. The zero-order valence-corrected chi connectivity index (χ0v) is 25.4. The van der Waals surface area contributed by atoms with Crippen LogP contribution in [0.2, 0.25) is 0 Å². The smallest absolute Gasteiger partial charge is 0.264 e. The lowest BCUT2D eigenvalue weighted by molar-refractivity contribution is -0.139. The van der Waals surface area contributed by atoms with Gasteiger partial charge in [0.15, 0.2) is 0 Å². The summed E-state index contributed by atoms with van der Waals surface area (Å²) in [5, 5.41) is 2.89. The molecule has 0 unspecified atom stereocenters. The fourth-order valence-electron chi connectivity index (χ4n) is 4.11. The summed E-state index contributed by atoms with van der Waals surface area (Å²) in [6, 6.07) is 16.6. The third-order valence-corrected chi connectivity index (χ3v) is 8.58. The number of methoxy groups -OCH3 is 1. The summed E-state index contributed by atoms with van der Waals surface area (Å²) >= 11 is 0. The van der Waals surface area contributed by atoms with Crippen LogP contribution in [0.25, 0.3) is 0 Å². The number of anilines is 1. The molecule has 3 rings (SSSR count). The number of amides is 2. The topological polar surface area (TPSA) is 105 Å². The molecule has 0 heterocycles. The first-order valence-electron chi connectivity index (χ1n) is 13.7. The number of hydrogen-bond donors (Lipinski definition) is 1. The zero-order valence-electron chi connectivity index (χ0n) is 24.5. The van der Waals surface area contributed by atoms with E-state index in [1.807, 2.05) is 20.8 Å². The highest BCUT2D eigenvalue weighted by Gasteiger charge is 2.33. The molecule has 9 nitrogen and oxygen atoms in total. The highest BCUT2D eigenvalue weighted by molar-refractivity contribution is 7.92. The summed E-state index contributed by atoms with van der Waals surface area (Å²) in [7, 11) is -2.74. The summed E-state index contributed by atoms with van der Waals surface area (Å²) in [6.45, 7) is 7.03. The molecule has 2 atom stereocenters. The molecule has 2 amide bonds. The van der Waals surface area contributed by atoms with Gasteiger partial charge in [-0.2, -0.15) is 0 Å². The summed E-state index contributed by atoms with van der Waals surface area (Å²) in [5.74, 6) is -0.416. The van der Waals surface area contributed by atoms with E-state index in [-0.39, 0.29) is 29.1 Å². The average molecular weight is 600 g/mol. The van der Waals surface area contributed by atoms with Gasteiger partial charge in [-0.1, -0.05) is 19.1 Å². The lowest BCUT2D eigenvalue weighted by Gasteiger charge is -2.32. The van der Waals surface area contributed by atoms with Crippen molar-refractivity contribution in [2.24, 2.45) is 0 Å². The predicted molar refractivity (Wildman–Crippen MR) is 159 cm³/mol. The Balaban J connectivity index is 2.01. The maximum atomic E-state index is 14.0. The first-order chi connectivity index (χ1) is 20.0. The molecule has 0 saturated heterocycles. The molecular formula is C31H38FN3O6S. The predicted octanol–water partition coefficient (Wildman–Crippen LogP) is 4.76. The van der Waals surface area contributed by atoms with E-state index in [4.69, 9.17) is 9.47 Å². The molecule has 3 aromatic carbocycles. The van der Waals surface area contributed by atoms with E-state index in [2.05, 4.69) is 5.32 Å². The van der Waals surface area contributed by atoms with E-state index >= 15 is 0 Å². The van der Waals surface area contributed by atoms with E-state index < -0.39 is 34.3 Å². The normalized spacial score (nSPS) is 12.6. The monoisotopic (exact) mass is 599 g/mol. The van der Waals surface area contributed by atoms with Crippen molar-refractivity contribution in [1.82, 2.24) is 10.2 Å². The lowest BCUT2D eigenvalue weighted by atomic mass is 10.1. The second kappa shape index (κ2) is 14.7. The number of halogens is 1. The summed E-state index contributed by atoms with van der Waals surface area (Å²) in [5.41, 5.74) is 0.815. The highest BCUT2D eigenvalue weighted by atomic mass is 32.2. The number of rotatable bonds is 14. The Bertz CT molecular complexity index is 1430. The Kier molecular flexibility index (Phi) is 11.3. The van der Waals surface area contributed by atoms with E-state index in [0.29, 0.717) is 24.5 Å². The molecule has 3 aromatic rings. The van der Waals surface area contributed by atoms with Crippen LogP contribution in [0, 0.1) is 5.82 Å². The van der Waals surface area contributed by atoms with Gasteiger partial charge in [0.05, 0.1) is 24.3 Å². The SMILES string of the molecule is CCOc1ccc(S(=O)(=O)N(CC(=O)N(Cc2ccc(OC)cc2)[C@H](C)C(=O)N[C@H](C)CC)c2ccc(F)cc2)cc1. The Morgan fingerprint density at radius 2 is 1.50 bits per heavy atom. The van der Waals surface area contributed by atoms with Crippen molar-refractivity contribution in [3.63, 3.8) is 0 Å². The Hall–Kier alpha value is -4.12. The van der Waals surface area contributed by atoms with Gasteiger partial charge in [-0.15, -0.1) is 0 Å². The van der Waals surface area contributed by atoms with Gasteiger partial charge in [0.25, 0.3) is 10.0 Å². The molecular weight excluding hydrogens is 561 g/mol. The standard InChI is InChI=1S/C31H38FN3O6S/c1-6-22(3)33-31(37)23(4)34(20-24-8-14-27(40-5)15-9-24)30(36)21-35(26-12-10-25(32)11-13-26)42(38,39)29-18-16-28(17-19-29)41-7-2/h8-19,22-23H,6-7,20-21H2,1-5H3,(H,33,37)/t22-,23-/m1/s1. The average Bonchev–Trinajstić information content (AvgIpc) is 2.99. The number of sulfonamides is 1. The van der Waals surface area contributed by atoms with Crippen LogP contribution in [-0.4, -0.2) is 57.5 Å². The summed E-state index contributed by atoms with van der Waals surface area (Å²) < 4.78 is 53.1. The molecule has 0 aliphatic carbocycles. The summed E-state index contributed by atoms with van der Waals surface area (Å²) in [6.07, 6.45) is 0.698. The van der Waals surface area contributed by atoms with Crippen molar-refractivity contribution < 1.29 is 31.9 Å². The van der Waals surface area contributed by atoms with E-state index in [9.17, 15) is 22.4 Å². The van der Waals surface area contributed by atoms with Crippen molar-refractivity contribution in [2.75, 3.05) is 24.6 Å². The number of ether oxygens (including phenoxy) is 2. The third kappa shape index (κ3) is 8.22. The second-order valence-electron chi connectivity index (χ2n) is 9.76. The fraction of sp³-hybridized carbons (Fsp3) is 0.355. The van der Waals surface area contributed by atoms with Crippen LogP contribution in [0.5, 0.6) is 11.5 Å². The molecule has 1 N–H and O–H groups in total. The Labute approximate surface area is 247 Å². The number of nitrogens with zero attached hydrogens (tertiary/aromatic N) is 2. The Morgan fingerprint density at radius 1 is 0.905 bits per heavy atom. The fourth-order valence-corrected chi connectivity index (χ4v) is 5.53. The van der Waals surface area contributed by atoms with Crippen LogP contribution < -0.4 is 19.1 Å². The van der Waals surface area contributed by atoms with Crippen LogP contribution in [0.4, 0.5) is 10.1 Å². The van der Waals surface area contributed by atoms with Gasteiger partial charge in [-0.25, -0.2) is 12.8 Å². The third-order valence-electron chi connectivity index (χ3n) is 6.80. The molecule has 0 radical (unpaired) electrons. The number of hydrogen-bond acceptors (Lipinski definition) is 6. The van der Waals surface area contributed by atoms with E-state index in [0.717, 1.165) is 22.0 Å². The largest absolute Gasteiger partial charge is 0.497 e. The minimum atomic E-state index is -4.29. The van der Waals surface area contributed by atoms with Crippen LogP contribution in [0.15, 0.2) is 77.7 Å².